The van der Waals surface area contributed by atoms with Gasteiger partial charge in [0.2, 0.25) is 0 Å². The first-order valence-corrected chi connectivity index (χ1v) is 7.18. The van der Waals surface area contributed by atoms with Crippen molar-refractivity contribution >= 4 is 0 Å². The largest absolute Gasteiger partial charge is 0.494 e. The molecule has 1 unspecified atom stereocenters. The predicted molar refractivity (Wildman–Crippen MR) is 75.4 cm³/mol. The van der Waals surface area contributed by atoms with E-state index >= 15 is 0 Å². The van der Waals surface area contributed by atoms with E-state index in [4.69, 9.17) is 9.47 Å². The molecule has 0 aliphatic heterocycles. The van der Waals surface area contributed by atoms with Gasteiger partial charge in [-0.2, -0.15) is 0 Å². The molecule has 19 heavy (non-hydrogen) atoms. The highest BCUT2D eigenvalue weighted by atomic mass is 16.5. The maximum atomic E-state index is 10.7. The number of methoxy groups -OCH3 is 1. The van der Waals surface area contributed by atoms with Crippen molar-refractivity contribution in [3.63, 3.8) is 0 Å². The van der Waals surface area contributed by atoms with Gasteiger partial charge in [-0.25, -0.2) is 0 Å². The summed E-state index contributed by atoms with van der Waals surface area (Å²) in [6.45, 7) is 2.62. The lowest BCUT2D eigenvalue weighted by Crippen LogP contribution is -2.40. The molecule has 1 saturated carbocycles. The van der Waals surface area contributed by atoms with E-state index < -0.39 is 11.7 Å². The van der Waals surface area contributed by atoms with E-state index in [1.165, 1.54) is 6.42 Å². The molecule has 106 valence electrons. The van der Waals surface area contributed by atoms with Crippen LogP contribution in [-0.2, 0) is 4.74 Å². The average molecular weight is 264 g/mol. The normalized spacial score (nSPS) is 19.9. The standard InChI is InChI=1S/C16H24O3/c1-3-19-14-9-7-13(8-10-14)15(17)16(18-2)11-5-4-6-12-16/h7-10,15,17H,3-6,11-12H2,1-2H3. The number of rotatable bonds is 5. The number of aliphatic hydroxyl groups excluding tert-OH is 1. The van der Waals surface area contributed by atoms with E-state index in [1.54, 1.807) is 7.11 Å². The molecule has 0 saturated heterocycles. The van der Waals surface area contributed by atoms with Gasteiger partial charge in [-0.15, -0.1) is 0 Å². The summed E-state index contributed by atoms with van der Waals surface area (Å²) in [5.41, 5.74) is 0.498. The second-order valence-electron chi connectivity index (χ2n) is 5.23. The van der Waals surface area contributed by atoms with E-state index in [-0.39, 0.29) is 0 Å². The SMILES string of the molecule is CCOc1ccc(C(O)C2(OC)CCCCC2)cc1. The highest BCUT2D eigenvalue weighted by Crippen LogP contribution is 2.41. The van der Waals surface area contributed by atoms with Gasteiger partial charge in [-0.05, 0) is 37.5 Å². The molecule has 1 aromatic carbocycles. The van der Waals surface area contributed by atoms with E-state index in [2.05, 4.69) is 0 Å². The van der Waals surface area contributed by atoms with Gasteiger partial charge in [0, 0.05) is 7.11 Å². The maximum Gasteiger partial charge on any atom is 0.119 e. The van der Waals surface area contributed by atoms with Gasteiger partial charge < -0.3 is 14.6 Å². The van der Waals surface area contributed by atoms with E-state index in [1.807, 2.05) is 31.2 Å². The molecule has 0 spiro atoms. The number of ether oxygens (including phenoxy) is 2. The summed E-state index contributed by atoms with van der Waals surface area (Å²) in [4.78, 5) is 0. The smallest absolute Gasteiger partial charge is 0.119 e. The van der Waals surface area contributed by atoms with Crippen molar-refractivity contribution in [3.8, 4) is 5.75 Å². The van der Waals surface area contributed by atoms with Crippen LogP contribution in [0.3, 0.4) is 0 Å². The van der Waals surface area contributed by atoms with Crippen LogP contribution >= 0.6 is 0 Å². The molecule has 0 bridgehead atoms. The minimum atomic E-state index is -0.562. The zero-order valence-electron chi connectivity index (χ0n) is 11.9. The van der Waals surface area contributed by atoms with Crippen LogP contribution in [0.5, 0.6) is 5.75 Å². The summed E-state index contributed by atoms with van der Waals surface area (Å²) in [6.07, 6.45) is 4.79. The number of hydrogen-bond donors (Lipinski definition) is 1. The van der Waals surface area contributed by atoms with Gasteiger partial charge in [0.25, 0.3) is 0 Å². The van der Waals surface area contributed by atoms with Crippen LogP contribution in [0.25, 0.3) is 0 Å². The summed E-state index contributed by atoms with van der Waals surface area (Å²) in [5, 5.41) is 10.7. The van der Waals surface area contributed by atoms with Crippen LogP contribution in [0.1, 0.15) is 50.7 Å². The summed E-state index contributed by atoms with van der Waals surface area (Å²) >= 11 is 0. The topological polar surface area (TPSA) is 38.7 Å². The van der Waals surface area contributed by atoms with Crippen molar-refractivity contribution in [2.24, 2.45) is 0 Å². The summed E-state index contributed by atoms with van der Waals surface area (Å²) < 4.78 is 11.1. The zero-order chi connectivity index (χ0) is 13.7. The first-order valence-electron chi connectivity index (χ1n) is 7.18. The van der Waals surface area contributed by atoms with E-state index in [0.717, 1.165) is 37.0 Å². The zero-order valence-corrected chi connectivity index (χ0v) is 11.9. The van der Waals surface area contributed by atoms with Crippen molar-refractivity contribution in [3.05, 3.63) is 29.8 Å². The molecule has 0 radical (unpaired) electrons. The monoisotopic (exact) mass is 264 g/mol. The molecule has 3 nitrogen and oxygen atoms in total. The highest BCUT2D eigenvalue weighted by molar-refractivity contribution is 5.30. The van der Waals surface area contributed by atoms with Gasteiger partial charge in [-0.3, -0.25) is 0 Å². The van der Waals surface area contributed by atoms with Crippen molar-refractivity contribution in [1.29, 1.82) is 0 Å². The molecular formula is C16H24O3. The van der Waals surface area contributed by atoms with E-state index in [9.17, 15) is 5.11 Å². The second kappa shape index (κ2) is 6.40. The average Bonchev–Trinajstić information content (AvgIpc) is 2.48. The van der Waals surface area contributed by atoms with Crippen LogP contribution in [0.2, 0.25) is 0 Å². The Morgan fingerprint density at radius 1 is 1.16 bits per heavy atom. The summed E-state index contributed by atoms with van der Waals surface area (Å²) in [6, 6.07) is 7.69. The molecular weight excluding hydrogens is 240 g/mol. The molecule has 1 aliphatic carbocycles. The Bertz CT molecular complexity index is 379. The fraction of sp³-hybridized carbons (Fsp3) is 0.625. The van der Waals surface area contributed by atoms with Gasteiger partial charge in [0.15, 0.2) is 0 Å². The first kappa shape index (κ1) is 14.4. The highest BCUT2D eigenvalue weighted by Gasteiger charge is 2.39. The lowest BCUT2D eigenvalue weighted by Gasteiger charge is -2.40. The molecule has 3 heteroatoms. The Labute approximate surface area is 115 Å². The quantitative estimate of drug-likeness (QED) is 0.885. The third kappa shape index (κ3) is 3.10. The van der Waals surface area contributed by atoms with Gasteiger partial charge in [0.05, 0.1) is 12.2 Å². The first-order chi connectivity index (χ1) is 9.22. The molecule has 1 fully saturated rings. The molecule has 0 amide bonds. The minimum Gasteiger partial charge on any atom is -0.494 e. The number of benzene rings is 1. The van der Waals surface area contributed by atoms with Crippen LogP contribution < -0.4 is 4.74 Å². The Kier molecular flexibility index (Phi) is 4.83. The molecule has 1 N–H and O–H groups in total. The van der Waals surface area contributed by atoms with Gasteiger partial charge in [-0.1, -0.05) is 31.4 Å². The van der Waals surface area contributed by atoms with Crippen molar-refractivity contribution < 1.29 is 14.6 Å². The molecule has 0 aromatic heterocycles. The molecule has 1 aliphatic rings. The predicted octanol–water partition coefficient (Wildman–Crippen LogP) is 3.47. The van der Waals surface area contributed by atoms with E-state index in [0.29, 0.717) is 6.61 Å². The fourth-order valence-electron chi connectivity index (χ4n) is 2.96. The van der Waals surface area contributed by atoms with Crippen LogP contribution in [0.15, 0.2) is 24.3 Å². The Balaban J connectivity index is 2.14. The minimum absolute atomic E-state index is 0.411. The van der Waals surface area contributed by atoms with Gasteiger partial charge >= 0.3 is 0 Å². The maximum absolute atomic E-state index is 10.7. The summed E-state index contributed by atoms with van der Waals surface area (Å²) in [7, 11) is 1.71. The lowest BCUT2D eigenvalue weighted by atomic mass is 9.78. The van der Waals surface area contributed by atoms with Crippen molar-refractivity contribution in [2.75, 3.05) is 13.7 Å². The molecule has 0 heterocycles. The molecule has 2 rings (SSSR count). The molecule has 1 aromatic rings. The van der Waals surface area contributed by atoms with Crippen LogP contribution in [0, 0.1) is 0 Å². The Hall–Kier alpha value is -1.06. The number of aliphatic hydroxyl groups is 1. The molecule has 1 atom stereocenters. The third-order valence-electron chi connectivity index (χ3n) is 4.11. The van der Waals surface area contributed by atoms with Crippen molar-refractivity contribution in [1.82, 2.24) is 0 Å². The number of hydrogen-bond acceptors (Lipinski definition) is 3. The third-order valence-corrected chi connectivity index (χ3v) is 4.11. The summed E-state index contributed by atoms with van der Waals surface area (Å²) in [5.74, 6) is 0.841. The fourth-order valence-corrected chi connectivity index (χ4v) is 2.96. The van der Waals surface area contributed by atoms with Crippen molar-refractivity contribution in [2.45, 2.75) is 50.7 Å². The second-order valence-corrected chi connectivity index (χ2v) is 5.23. The van der Waals surface area contributed by atoms with Crippen LogP contribution in [0.4, 0.5) is 0 Å². The van der Waals surface area contributed by atoms with Gasteiger partial charge in [0.1, 0.15) is 11.9 Å². The Morgan fingerprint density at radius 3 is 2.32 bits per heavy atom. The lowest BCUT2D eigenvalue weighted by molar-refractivity contribution is -0.125. The van der Waals surface area contributed by atoms with Crippen LogP contribution in [-0.4, -0.2) is 24.4 Å². The Morgan fingerprint density at radius 2 is 1.79 bits per heavy atom.